The lowest BCUT2D eigenvalue weighted by atomic mass is 10.1. The third kappa shape index (κ3) is 6.46. The number of nitrogens with one attached hydrogen (secondary N) is 1. The Balaban J connectivity index is 1.87. The Kier molecular flexibility index (Phi) is 7.81. The second-order valence-corrected chi connectivity index (χ2v) is 4.91. The van der Waals surface area contributed by atoms with Crippen LogP contribution in [0.25, 0.3) is 0 Å². The number of nitrogens with zero attached hydrogens (tertiary/aromatic N) is 1. The van der Waals surface area contributed by atoms with Gasteiger partial charge in [-0.1, -0.05) is 20.3 Å². The fourth-order valence-corrected chi connectivity index (χ4v) is 2.20. The van der Waals surface area contributed by atoms with Gasteiger partial charge in [0.05, 0.1) is 13.2 Å². The molecule has 1 aliphatic heterocycles. The number of hydrogen-bond acceptors (Lipinski definition) is 3. The summed E-state index contributed by atoms with van der Waals surface area (Å²) in [5.74, 6) is 0.827. The van der Waals surface area contributed by atoms with Gasteiger partial charge < -0.3 is 10.1 Å². The van der Waals surface area contributed by atoms with Crippen molar-refractivity contribution < 1.29 is 4.74 Å². The fourth-order valence-electron chi connectivity index (χ4n) is 2.20. The molecule has 1 N–H and O–H groups in total. The molecule has 1 heterocycles. The Labute approximate surface area is 101 Å². The van der Waals surface area contributed by atoms with Crippen LogP contribution in [0.2, 0.25) is 0 Å². The summed E-state index contributed by atoms with van der Waals surface area (Å²) in [6.07, 6.45) is 3.91. The Morgan fingerprint density at radius 2 is 2.06 bits per heavy atom. The van der Waals surface area contributed by atoms with E-state index in [1.807, 2.05) is 0 Å². The van der Waals surface area contributed by atoms with Gasteiger partial charge in [0, 0.05) is 13.1 Å². The van der Waals surface area contributed by atoms with Crippen LogP contribution in [0.15, 0.2) is 0 Å². The molecule has 3 heteroatoms. The molecule has 1 saturated heterocycles. The molecule has 0 amide bonds. The van der Waals surface area contributed by atoms with Crippen LogP contribution >= 0.6 is 0 Å². The van der Waals surface area contributed by atoms with Gasteiger partial charge in [-0.15, -0.1) is 0 Å². The van der Waals surface area contributed by atoms with E-state index in [2.05, 4.69) is 24.1 Å². The first-order valence-corrected chi connectivity index (χ1v) is 6.83. The molecule has 1 fully saturated rings. The van der Waals surface area contributed by atoms with Gasteiger partial charge in [-0.25, -0.2) is 0 Å². The summed E-state index contributed by atoms with van der Waals surface area (Å²) in [5.41, 5.74) is 0. The zero-order valence-electron chi connectivity index (χ0n) is 11.0. The summed E-state index contributed by atoms with van der Waals surface area (Å²) >= 11 is 0. The molecule has 0 aliphatic carbocycles. The first-order chi connectivity index (χ1) is 7.83. The van der Waals surface area contributed by atoms with Crippen LogP contribution < -0.4 is 5.32 Å². The second-order valence-electron chi connectivity index (χ2n) is 4.91. The van der Waals surface area contributed by atoms with Crippen LogP contribution in [0, 0.1) is 5.92 Å². The van der Waals surface area contributed by atoms with Crippen molar-refractivity contribution in [2.45, 2.75) is 33.1 Å². The van der Waals surface area contributed by atoms with Crippen LogP contribution in [0.5, 0.6) is 0 Å². The lowest BCUT2D eigenvalue weighted by Crippen LogP contribution is -2.37. The Bertz CT molecular complexity index is 158. The molecule has 1 rings (SSSR count). The van der Waals surface area contributed by atoms with Gasteiger partial charge in [0.2, 0.25) is 0 Å². The topological polar surface area (TPSA) is 24.5 Å². The van der Waals surface area contributed by atoms with Crippen LogP contribution in [-0.2, 0) is 4.74 Å². The van der Waals surface area contributed by atoms with E-state index in [0.29, 0.717) is 0 Å². The number of morpholine rings is 1. The third-order valence-corrected chi connectivity index (χ3v) is 3.21. The van der Waals surface area contributed by atoms with Gasteiger partial charge in [0.15, 0.2) is 0 Å². The van der Waals surface area contributed by atoms with Crippen molar-refractivity contribution in [3.63, 3.8) is 0 Å². The van der Waals surface area contributed by atoms with Gasteiger partial charge in [0.1, 0.15) is 0 Å². The molecule has 0 bridgehead atoms. The molecular formula is C13H28N2O. The van der Waals surface area contributed by atoms with Crippen molar-refractivity contribution in [1.82, 2.24) is 10.2 Å². The zero-order valence-corrected chi connectivity index (χ0v) is 11.0. The van der Waals surface area contributed by atoms with Crippen molar-refractivity contribution in [3.8, 4) is 0 Å². The first kappa shape index (κ1) is 13.9. The monoisotopic (exact) mass is 228 g/mol. The minimum Gasteiger partial charge on any atom is -0.379 e. The van der Waals surface area contributed by atoms with Crippen molar-refractivity contribution in [2.24, 2.45) is 5.92 Å². The Hall–Kier alpha value is -0.120. The van der Waals surface area contributed by atoms with Crippen LogP contribution in [0.3, 0.4) is 0 Å². The quantitative estimate of drug-likeness (QED) is 0.640. The highest BCUT2D eigenvalue weighted by Gasteiger charge is 2.08. The molecule has 0 aromatic carbocycles. The number of ether oxygens (including phenoxy) is 1. The molecule has 0 saturated carbocycles. The molecule has 0 aromatic heterocycles. The number of rotatable bonds is 8. The van der Waals surface area contributed by atoms with E-state index >= 15 is 0 Å². The molecule has 0 aromatic rings. The van der Waals surface area contributed by atoms with E-state index in [0.717, 1.165) is 38.8 Å². The van der Waals surface area contributed by atoms with Crippen molar-refractivity contribution in [2.75, 3.05) is 45.9 Å². The van der Waals surface area contributed by atoms with E-state index in [9.17, 15) is 0 Å². The molecule has 16 heavy (non-hydrogen) atoms. The fraction of sp³-hybridized carbons (Fsp3) is 1.00. The highest BCUT2D eigenvalue weighted by Crippen LogP contribution is 2.02. The summed E-state index contributed by atoms with van der Waals surface area (Å²) in [6.45, 7) is 12.2. The van der Waals surface area contributed by atoms with Gasteiger partial charge in [-0.3, -0.25) is 4.90 Å². The summed E-state index contributed by atoms with van der Waals surface area (Å²) < 4.78 is 5.33. The lowest BCUT2D eigenvalue weighted by Gasteiger charge is -2.26. The molecule has 1 aliphatic rings. The van der Waals surface area contributed by atoms with Gasteiger partial charge in [-0.2, -0.15) is 0 Å². The summed E-state index contributed by atoms with van der Waals surface area (Å²) in [7, 11) is 0. The van der Waals surface area contributed by atoms with E-state index in [1.54, 1.807) is 0 Å². The predicted molar refractivity (Wildman–Crippen MR) is 68.8 cm³/mol. The highest BCUT2D eigenvalue weighted by atomic mass is 16.5. The Morgan fingerprint density at radius 3 is 2.75 bits per heavy atom. The third-order valence-electron chi connectivity index (χ3n) is 3.21. The zero-order chi connectivity index (χ0) is 11.6. The summed E-state index contributed by atoms with van der Waals surface area (Å²) in [4.78, 5) is 2.50. The maximum Gasteiger partial charge on any atom is 0.0594 e. The average molecular weight is 228 g/mol. The molecule has 1 unspecified atom stereocenters. The van der Waals surface area contributed by atoms with Crippen molar-refractivity contribution in [1.29, 1.82) is 0 Å². The van der Waals surface area contributed by atoms with Crippen LogP contribution in [0.1, 0.15) is 33.1 Å². The second kappa shape index (κ2) is 8.97. The van der Waals surface area contributed by atoms with Gasteiger partial charge >= 0.3 is 0 Å². The SMILES string of the molecule is CCCC(C)CNCCCN1CCOCC1. The Morgan fingerprint density at radius 1 is 1.31 bits per heavy atom. The lowest BCUT2D eigenvalue weighted by molar-refractivity contribution is 0.0374. The van der Waals surface area contributed by atoms with Gasteiger partial charge in [0.25, 0.3) is 0 Å². The van der Waals surface area contributed by atoms with E-state index in [1.165, 1.54) is 32.4 Å². The first-order valence-electron chi connectivity index (χ1n) is 6.83. The average Bonchev–Trinajstić information content (AvgIpc) is 2.30. The van der Waals surface area contributed by atoms with E-state index < -0.39 is 0 Å². The van der Waals surface area contributed by atoms with E-state index in [-0.39, 0.29) is 0 Å². The molecule has 3 nitrogen and oxygen atoms in total. The highest BCUT2D eigenvalue weighted by molar-refractivity contribution is 4.63. The maximum atomic E-state index is 5.33. The minimum absolute atomic E-state index is 0.827. The minimum atomic E-state index is 0.827. The standard InChI is InChI=1S/C13H28N2O/c1-3-5-13(2)12-14-6-4-7-15-8-10-16-11-9-15/h13-14H,3-12H2,1-2H3. The maximum absolute atomic E-state index is 5.33. The van der Waals surface area contributed by atoms with E-state index in [4.69, 9.17) is 4.74 Å². The van der Waals surface area contributed by atoms with Crippen LogP contribution in [-0.4, -0.2) is 50.8 Å². The summed E-state index contributed by atoms with van der Waals surface area (Å²) in [6, 6.07) is 0. The molecule has 0 radical (unpaired) electrons. The molecular weight excluding hydrogens is 200 g/mol. The molecule has 1 atom stereocenters. The molecule has 0 spiro atoms. The predicted octanol–water partition coefficient (Wildman–Crippen LogP) is 1.73. The van der Waals surface area contributed by atoms with Crippen LogP contribution in [0.4, 0.5) is 0 Å². The van der Waals surface area contributed by atoms with Crippen molar-refractivity contribution in [3.05, 3.63) is 0 Å². The molecule has 96 valence electrons. The van der Waals surface area contributed by atoms with Crippen molar-refractivity contribution >= 4 is 0 Å². The largest absolute Gasteiger partial charge is 0.379 e. The smallest absolute Gasteiger partial charge is 0.0594 e. The number of hydrogen-bond donors (Lipinski definition) is 1. The summed E-state index contributed by atoms with van der Waals surface area (Å²) in [5, 5.41) is 3.55. The normalized spacial score (nSPS) is 19.9. The van der Waals surface area contributed by atoms with Gasteiger partial charge in [-0.05, 0) is 38.4 Å².